The number of rotatable bonds is 4. The number of amides is 1. The highest BCUT2D eigenvalue weighted by Crippen LogP contribution is 2.28. The fourth-order valence-electron chi connectivity index (χ4n) is 3.09. The van der Waals surface area contributed by atoms with Crippen LogP contribution in [-0.2, 0) is 28.1 Å². The van der Waals surface area contributed by atoms with Gasteiger partial charge in [0.15, 0.2) is 15.0 Å². The molecule has 0 fully saturated rings. The van der Waals surface area contributed by atoms with Crippen LogP contribution in [0.1, 0.15) is 5.56 Å². The van der Waals surface area contributed by atoms with Gasteiger partial charge in [0.25, 0.3) is 0 Å². The van der Waals surface area contributed by atoms with Crippen LogP contribution in [0.5, 0.6) is 0 Å². The Hall–Kier alpha value is -2.71. The van der Waals surface area contributed by atoms with Crippen LogP contribution < -0.4 is 5.32 Å². The second-order valence-corrected chi connectivity index (χ2v) is 9.47. The number of carbonyl (C=O) groups excluding carboxylic acids is 1. The molecule has 2 aromatic carbocycles. The topological polar surface area (TPSA) is 81.1 Å². The summed E-state index contributed by atoms with van der Waals surface area (Å²) in [5.74, 6) is -0.159. The molecule has 0 aliphatic carbocycles. The van der Waals surface area contributed by atoms with Gasteiger partial charge in [-0.1, -0.05) is 29.5 Å². The van der Waals surface area contributed by atoms with E-state index >= 15 is 0 Å². The molecular formula is C19H17N3O3S2. The van der Waals surface area contributed by atoms with E-state index in [0.717, 1.165) is 21.2 Å². The predicted octanol–water partition coefficient (Wildman–Crippen LogP) is 3.37. The lowest BCUT2D eigenvalue weighted by molar-refractivity contribution is -0.115. The van der Waals surface area contributed by atoms with E-state index in [0.29, 0.717) is 10.6 Å². The molecule has 0 saturated carbocycles. The van der Waals surface area contributed by atoms with Crippen LogP contribution in [0.4, 0.5) is 5.13 Å². The van der Waals surface area contributed by atoms with Crippen LogP contribution >= 0.6 is 11.3 Å². The van der Waals surface area contributed by atoms with Gasteiger partial charge in [-0.05, 0) is 29.8 Å². The highest BCUT2D eigenvalue weighted by atomic mass is 32.2. The van der Waals surface area contributed by atoms with Crippen LogP contribution in [0.25, 0.3) is 21.1 Å². The zero-order valence-electron chi connectivity index (χ0n) is 14.8. The maximum Gasteiger partial charge on any atom is 0.230 e. The van der Waals surface area contributed by atoms with Gasteiger partial charge in [0.2, 0.25) is 5.91 Å². The van der Waals surface area contributed by atoms with Gasteiger partial charge >= 0.3 is 0 Å². The first kappa shape index (κ1) is 17.7. The van der Waals surface area contributed by atoms with E-state index in [9.17, 15) is 13.2 Å². The van der Waals surface area contributed by atoms with Crippen molar-refractivity contribution in [2.45, 2.75) is 11.3 Å². The van der Waals surface area contributed by atoms with Gasteiger partial charge in [0.1, 0.15) is 0 Å². The van der Waals surface area contributed by atoms with Gasteiger partial charge in [-0.25, -0.2) is 13.4 Å². The Morgan fingerprint density at radius 3 is 2.78 bits per heavy atom. The lowest BCUT2D eigenvalue weighted by Gasteiger charge is -2.00. The lowest BCUT2D eigenvalue weighted by atomic mass is 10.1. The maximum atomic E-state index is 12.5. The number of nitrogens with one attached hydrogen (secondary N) is 1. The number of sulfone groups is 1. The summed E-state index contributed by atoms with van der Waals surface area (Å²) < 4.78 is 26.1. The van der Waals surface area contributed by atoms with Gasteiger partial charge in [-0.2, -0.15) is 0 Å². The van der Waals surface area contributed by atoms with Gasteiger partial charge in [-0.3, -0.25) is 4.79 Å². The Kier molecular flexibility index (Phi) is 4.24. The first-order valence-corrected chi connectivity index (χ1v) is 11.0. The van der Waals surface area contributed by atoms with Crippen molar-refractivity contribution in [3.05, 3.63) is 54.2 Å². The van der Waals surface area contributed by atoms with Crippen LogP contribution in [0.15, 0.2) is 53.6 Å². The quantitative estimate of drug-likeness (QED) is 0.570. The Balaban J connectivity index is 1.57. The van der Waals surface area contributed by atoms with Crippen molar-refractivity contribution in [2.24, 2.45) is 7.05 Å². The summed E-state index contributed by atoms with van der Waals surface area (Å²) in [4.78, 5) is 17.1. The highest BCUT2D eigenvalue weighted by Gasteiger charge is 2.14. The minimum absolute atomic E-state index is 0.159. The largest absolute Gasteiger partial charge is 0.350 e. The normalized spacial score (nSPS) is 11.9. The summed E-state index contributed by atoms with van der Waals surface area (Å²) in [6.07, 6.45) is 3.37. The molecule has 0 aliphatic heterocycles. The fraction of sp³-hybridized carbons (Fsp3) is 0.158. The average molecular weight is 399 g/mol. The van der Waals surface area contributed by atoms with Crippen LogP contribution in [-0.4, -0.2) is 30.1 Å². The first-order chi connectivity index (χ1) is 12.8. The van der Waals surface area contributed by atoms with Crippen LogP contribution in [0.2, 0.25) is 0 Å². The molecule has 0 radical (unpaired) electrons. The van der Waals surface area contributed by atoms with Crippen molar-refractivity contribution < 1.29 is 13.2 Å². The predicted molar refractivity (Wildman–Crippen MR) is 108 cm³/mol. The van der Waals surface area contributed by atoms with Crippen molar-refractivity contribution in [1.82, 2.24) is 9.55 Å². The molecule has 0 saturated heterocycles. The summed E-state index contributed by atoms with van der Waals surface area (Å²) in [6, 6.07) is 12.7. The van der Waals surface area contributed by atoms with Crippen molar-refractivity contribution in [1.29, 1.82) is 0 Å². The number of aryl methyl sites for hydroxylation is 1. The van der Waals surface area contributed by atoms with E-state index in [1.807, 2.05) is 42.1 Å². The van der Waals surface area contributed by atoms with E-state index in [1.54, 1.807) is 12.1 Å². The summed E-state index contributed by atoms with van der Waals surface area (Å²) in [6.45, 7) is 0. The number of carbonyl (C=O) groups is 1. The molecule has 0 spiro atoms. The van der Waals surface area contributed by atoms with E-state index in [2.05, 4.69) is 10.3 Å². The second kappa shape index (κ2) is 6.47. The number of nitrogens with zero attached hydrogens (tertiary/aromatic N) is 2. The number of benzene rings is 2. The molecule has 0 aliphatic rings. The Bertz CT molecular complexity index is 1290. The first-order valence-electron chi connectivity index (χ1n) is 8.25. The molecule has 2 heterocycles. The van der Waals surface area contributed by atoms with Gasteiger partial charge < -0.3 is 9.88 Å². The van der Waals surface area contributed by atoms with Crippen molar-refractivity contribution in [2.75, 3.05) is 11.6 Å². The van der Waals surface area contributed by atoms with Gasteiger partial charge in [0, 0.05) is 30.4 Å². The van der Waals surface area contributed by atoms with Crippen molar-refractivity contribution in [3.8, 4) is 0 Å². The molecule has 2 aromatic heterocycles. The minimum atomic E-state index is -3.28. The molecular weight excluding hydrogens is 382 g/mol. The third-order valence-electron chi connectivity index (χ3n) is 4.36. The number of para-hydroxylation sites is 1. The van der Waals surface area contributed by atoms with E-state index in [4.69, 9.17) is 0 Å². The molecule has 1 N–H and O–H groups in total. The van der Waals surface area contributed by atoms with E-state index in [1.165, 1.54) is 23.7 Å². The second-order valence-electron chi connectivity index (χ2n) is 6.43. The average Bonchev–Trinajstić information content (AvgIpc) is 3.14. The highest BCUT2D eigenvalue weighted by molar-refractivity contribution is 7.90. The van der Waals surface area contributed by atoms with Crippen molar-refractivity contribution in [3.63, 3.8) is 0 Å². The zero-order chi connectivity index (χ0) is 19.2. The molecule has 6 nitrogen and oxygen atoms in total. The van der Waals surface area contributed by atoms with Crippen LogP contribution in [0, 0.1) is 0 Å². The fourth-order valence-corrected chi connectivity index (χ4v) is 4.74. The number of aromatic nitrogens is 2. The number of fused-ring (bicyclic) bond motifs is 2. The zero-order valence-corrected chi connectivity index (χ0v) is 16.4. The molecule has 27 heavy (non-hydrogen) atoms. The lowest BCUT2D eigenvalue weighted by Crippen LogP contribution is -2.13. The Labute approximate surface area is 160 Å². The summed E-state index contributed by atoms with van der Waals surface area (Å²) >= 11 is 1.26. The monoisotopic (exact) mass is 399 g/mol. The Morgan fingerprint density at radius 1 is 1.22 bits per heavy atom. The molecule has 8 heteroatoms. The van der Waals surface area contributed by atoms with Gasteiger partial charge in [0.05, 0.1) is 21.5 Å². The van der Waals surface area contributed by atoms with Crippen LogP contribution in [0.3, 0.4) is 0 Å². The smallest absolute Gasteiger partial charge is 0.230 e. The third-order valence-corrected chi connectivity index (χ3v) is 6.41. The molecule has 0 unspecified atom stereocenters. The molecule has 138 valence electrons. The summed E-state index contributed by atoms with van der Waals surface area (Å²) in [5.41, 5.74) is 2.69. The maximum absolute atomic E-state index is 12.5. The van der Waals surface area contributed by atoms with E-state index < -0.39 is 9.84 Å². The number of anilines is 1. The molecule has 1 amide bonds. The Morgan fingerprint density at radius 2 is 2.00 bits per heavy atom. The molecule has 4 aromatic rings. The standard InChI is InChI=1S/C19H17N3O3S2/c1-22-11-12(14-5-3-4-6-16(14)22)9-18(23)21-19-20-15-8-7-13(27(2,24)25)10-17(15)26-19/h3-8,10-11H,9H2,1-2H3,(H,20,21,23). The van der Waals surface area contributed by atoms with Crippen molar-refractivity contribution >= 4 is 53.3 Å². The van der Waals surface area contributed by atoms with Gasteiger partial charge in [-0.15, -0.1) is 0 Å². The number of thiazole rings is 1. The number of hydrogen-bond acceptors (Lipinski definition) is 5. The summed E-state index contributed by atoms with van der Waals surface area (Å²) in [7, 11) is -1.32. The molecule has 4 rings (SSSR count). The molecule has 0 bridgehead atoms. The summed E-state index contributed by atoms with van der Waals surface area (Å²) in [5, 5.41) is 4.33. The molecule has 0 atom stereocenters. The SMILES string of the molecule is Cn1cc(CC(=O)Nc2nc3ccc(S(C)(=O)=O)cc3s2)c2ccccc21. The third kappa shape index (κ3) is 3.45. The number of hydrogen-bond donors (Lipinski definition) is 1. The van der Waals surface area contributed by atoms with E-state index in [-0.39, 0.29) is 17.2 Å². The minimum Gasteiger partial charge on any atom is -0.350 e.